The molecule has 1 aromatic carbocycles. The van der Waals surface area contributed by atoms with E-state index >= 15 is 0 Å². The highest BCUT2D eigenvalue weighted by atomic mass is 79.9. The highest BCUT2D eigenvalue weighted by Crippen LogP contribution is 2.29. The standard InChI is InChI=1S/C13H16BrClN2O/c1-9-7-10(14)11(15)8-12(9)16-13(18)17-5-3-2-4-6-17/h7-8H,2-6H2,1H3,(H,16,18). The minimum atomic E-state index is -0.0313. The Balaban J connectivity index is 2.08. The number of halogens is 2. The number of nitrogens with one attached hydrogen (secondary N) is 1. The third kappa shape index (κ3) is 3.18. The zero-order valence-corrected chi connectivity index (χ0v) is 12.6. The van der Waals surface area contributed by atoms with E-state index in [1.807, 2.05) is 17.9 Å². The third-order valence-corrected chi connectivity index (χ3v) is 4.35. The molecule has 3 nitrogen and oxygen atoms in total. The molecule has 1 heterocycles. The Hall–Kier alpha value is -0.740. The summed E-state index contributed by atoms with van der Waals surface area (Å²) in [6.45, 7) is 3.64. The van der Waals surface area contributed by atoms with Gasteiger partial charge >= 0.3 is 6.03 Å². The van der Waals surface area contributed by atoms with Crippen LogP contribution in [0.1, 0.15) is 24.8 Å². The summed E-state index contributed by atoms with van der Waals surface area (Å²) in [6, 6.07) is 3.66. The minimum Gasteiger partial charge on any atom is -0.325 e. The molecule has 5 heteroatoms. The predicted molar refractivity (Wildman–Crippen MR) is 78.3 cm³/mol. The van der Waals surface area contributed by atoms with E-state index in [4.69, 9.17) is 11.6 Å². The van der Waals surface area contributed by atoms with Crippen molar-refractivity contribution in [2.75, 3.05) is 18.4 Å². The zero-order chi connectivity index (χ0) is 13.1. The van der Waals surface area contributed by atoms with Crippen LogP contribution >= 0.6 is 27.5 Å². The Kier molecular flexibility index (Phi) is 4.51. The van der Waals surface area contributed by atoms with Crippen molar-refractivity contribution in [3.05, 3.63) is 27.2 Å². The highest BCUT2D eigenvalue weighted by Gasteiger charge is 2.17. The molecular formula is C13H16BrClN2O. The van der Waals surface area contributed by atoms with Gasteiger partial charge in [-0.2, -0.15) is 0 Å². The molecule has 0 unspecified atom stereocenters. The number of hydrogen-bond donors (Lipinski definition) is 1. The topological polar surface area (TPSA) is 32.3 Å². The van der Waals surface area contributed by atoms with Gasteiger partial charge in [0.25, 0.3) is 0 Å². The van der Waals surface area contributed by atoms with Gasteiger partial charge in [-0.15, -0.1) is 0 Å². The Morgan fingerprint density at radius 2 is 2.00 bits per heavy atom. The van der Waals surface area contributed by atoms with Crippen molar-refractivity contribution in [1.29, 1.82) is 0 Å². The summed E-state index contributed by atoms with van der Waals surface area (Å²) in [5, 5.41) is 3.54. The van der Waals surface area contributed by atoms with Gasteiger partial charge in [0.1, 0.15) is 0 Å². The molecule has 1 aliphatic heterocycles. The van der Waals surface area contributed by atoms with Crippen LogP contribution in [0.5, 0.6) is 0 Å². The first kappa shape index (κ1) is 13.7. The third-order valence-electron chi connectivity index (χ3n) is 3.15. The van der Waals surface area contributed by atoms with Gasteiger partial charge in [0.2, 0.25) is 0 Å². The summed E-state index contributed by atoms with van der Waals surface area (Å²) in [7, 11) is 0. The van der Waals surface area contributed by atoms with Crippen molar-refractivity contribution in [3.8, 4) is 0 Å². The number of piperidine rings is 1. The number of rotatable bonds is 1. The molecular weight excluding hydrogens is 316 g/mol. The van der Waals surface area contributed by atoms with E-state index < -0.39 is 0 Å². The lowest BCUT2D eigenvalue weighted by Crippen LogP contribution is -2.38. The first-order chi connectivity index (χ1) is 8.58. The highest BCUT2D eigenvalue weighted by molar-refractivity contribution is 9.10. The fourth-order valence-corrected chi connectivity index (χ4v) is 2.69. The molecule has 2 amide bonds. The second-order valence-electron chi connectivity index (χ2n) is 4.56. The molecule has 1 saturated heterocycles. The van der Waals surface area contributed by atoms with Crippen LogP contribution in [0.2, 0.25) is 5.02 Å². The Morgan fingerprint density at radius 3 is 2.67 bits per heavy atom. The maximum Gasteiger partial charge on any atom is 0.321 e. The normalized spacial score (nSPS) is 15.6. The largest absolute Gasteiger partial charge is 0.325 e. The van der Waals surface area contributed by atoms with Crippen LogP contribution < -0.4 is 5.32 Å². The average molecular weight is 332 g/mol. The van der Waals surface area contributed by atoms with Crippen molar-refractivity contribution < 1.29 is 4.79 Å². The van der Waals surface area contributed by atoms with Crippen molar-refractivity contribution in [3.63, 3.8) is 0 Å². The van der Waals surface area contributed by atoms with Crippen LogP contribution in [-0.4, -0.2) is 24.0 Å². The van der Waals surface area contributed by atoms with Gasteiger partial charge in [-0.3, -0.25) is 0 Å². The molecule has 18 heavy (non-hydrogen) atoms. The van der Waals surface area contributed by atoms with Gasteiger partial charge in [0.05, 0.1) is 5.02 Å². The van der Waals surface area contributed by atoms with Gasteiger partial charge in [0.15, 0.2) is 0 Å². The van der Waals surface area contributed by atoms with Crippen molar-refractivity contribution >= 4 is 39.2 Å². The number of anilines is 1. The molecule has 0 atom stereocenters. The SMILES string of the molecule is Cc1cc(Br)c(Cl)cc1NC(=O)N1CCCCC1. The first-order valence-corrected chi connectivity index (χ1v) is 7.26. The molecule has 0 saturated carbocycles. The van der Waals surface area contributed by atoms with Crippen LogP contribution in [0.3, 0.4) is 0 Å². The van der Waals surface area contributed by atoms with Gasteiger partial charge in [-0.05, 0) is 59.8 Å². The predicted octanol–water partition coefficient (Wildman–Crippen LogP) is 4.43. The lowest BCUT2D eigenvalue weighted by molar-refractivity contribution is 0.200. The lowest BCUT2D eigenvalue weighted by atomic mass is 10.1. The molecule has 0 spiro atoms. The zero-order valence-electron chi connectivity index (χ0n) is 10.3. The van der Waals surface area contributed by atoms with E-state index in [1.54, 1.807) is 6.07 Å². The Bertz CT molecular complexity index is 459. The average Bonchev–Trinajstić information content (AvgIpc) is 2.37. The number of amides is 2. The number of nitrogens with zero attached hydrogens (tertiary/aromatic N) is 1. The number of carbonyl (C=O) groups excluding carboxylic acids is 1. The molecule has 1 aromatic rings. The van der Waals surface area contributed by atoms with Gasteiger partial charge in [-0.25, -0.2) is 4.79 Å². The molecule has 0 aliphatic carbocycles. The molecule has 1 N–H and O–H groups in total. The molecule has 1 fully saturated rings. The molecule has 1 aliphatic rings. The van der Waals surface area contributed by atoms with Crippen molar-refractivity contribution in [2.24, 2.45) is 0 Å². The van der Waals surface area contributed by atoms with E-state index in [0.29, 0.717) is 5.02 Å². The van der Waals surface area contributed by atoms with Gasteiger partial charge in [0, 0.05) is 23.2 Å². The van der Waals surface area contributed by atoms with E-state index in [-0.39, 0.29) is 6.03 Å². The van der Waals surface area contributed by atoms with Crippen LogP contribution in [0.15, 0.2) is 16.6 Å². The molecule has 2 rings (SSSR count). The number of hydrogen-bond acceptors (Lipinski definition) is 1. The summed E-state index contributed by atoms with van der Waals surface area (Å²) in [5.41, 5.74) is 1.77. The summed E-state index contributed by atoms with van der Waals surface area (Å²) in [5.74, 6) is 0. The monoisotopic (exact) mass is 330 g/mol. The number of carbonyl (C=O) groups is 1. The first-order valence-electron chi connectivity index (χ1n) is 6.09. The number of benzene rings is 1. The summed E-state index contributed by atoms with van der Waals surface area (Å²) < 4.78 is 0.845. The van der Waals surface area contributed by atoms with Crippen LogP contribution in [0.4, 0.5) is 10.5 Å². The molecule has 98 valence electrons. The summed E-state index contributed by atoms with van der Waals surface area (Å²) >= 11 is 9.41. The van der Waals surface area contributed by atoms with Crippen LogP contribution in [-0.2, 0) is 0 Å². The maximum absolute atomic E-state index is 12.1. The van der Waals surface area contributed by atoms with Crippen LogP contribution in [0.25, 0.3) is 0 Å². The van der Waals surface area contributed by atoms with E-state index in [2.05, 4.69) is 21.2 Å². The molecule has 0 bridgehead atoms. The number of aryl methyl sites for hydroxylation is 1. The number of urea groups is 1. The minimum absolute atomic E-state index is 0.0313. The fourth-order valence-electron chi connectivity index (χ4n) is 2.07. The second-order valence-corrected chi connectivity index (χ2v) is 5.82. The van der Waals surface area contributed by atoms with Crippen LogP contribution in [0, 0.1) is 6.92 Å². The molecule has 0 radical (unpaired) electrons. The summed E-state index contributed by atoms with van der Waals surface area (Å²) in [4.78, 5) is 13.9. The van der Waals surface area contributed by atoms with E-state index in [9.17, 15) is 4.79 Å². The van der Waals surface area contributed by atoms with Gasteiger partial charge in [-0.1, -0.05) is 11.6 Å². The molecule has 0 aromatic heterocycles. The van der Waals surface area contributed by atoms with E-state index in [1.165, 1.54) is 6.42 Å². The van der Waals surface area contributed by atoms with Crippen molar-refractivity contribution in [1.82, 2.24) is 4.90 Å². The quantitative estimate of drug-likeness (QED) is 0.811. The summed E-state index contributed by atoms with van der Waals surface area (Å²) in [6.07, 6.45) is 3.40. The smallest absolute Gasteiger partial charge is 0.321 e. The fraction of sp³-hybridized carbons (Fsp3) is 0.462. The van der Waals surface area contributed by atoms with Gasteiger partial charge < -0.3 is 10.2 Å². The Labute approximate surface area is 121 Å². The second kappa shape index (κ2) is 5.93. The van der Waals surface area contributed by atoms with E-state index in [0.717, 1.165) is 41.7 Å². The lowest BCUT2D eigenvalue weighted by Gasteiger charge is -2.27. The number of likely N-dealkylation sites (tertiary alicyclic amines) is 1. The van der Waals surface area contributed by atoms with Crippen molar-refractivity contribution in [2.45, 2.75) is 26.2 Å². The Morgan fingerprint density at radius 1 is 1.33 bits per heavy atom. The maximum atomic E-state index is 12.1.